The Hall–Kier alpha value is -4.61. The van der Waals surface area contributed by atoms with Crippen molar-refractivity contribution < 1.29 is 28.1 Å². The van der Waals surface area contributed by atoms with Crippen LogP contribution in [0.3, 0.4) is 0 Å². The quantitative estimate of drug-likeness (QED) is 0.236. The van der Waals surface area contributed by atoms with Crippen molar-refractivity contribution in [2.24, 2.45) is 0 Å². The van der Waals surface area contributed by atoms with Gasteiger partial charge in [0.25, 0.3) is 0 Å². The van der Waals surface area contributed by atoms with E-state index in [1.54, 1.807) is 30.5 Å². The minimum atomic E-state index is -0.445. The smallest absolute Gasteiger partial charge is 0.197 e. The molecule has 40 heavy (non-hydrogen) atoms. The Morgan fingerprint density at radius 3 is 2.83 bits per heavy atom. The molecule has 0 N–H and O–H groups in total. The summed E-state index contributed by atoms with van der Waals surface area (Å²) >= 11 is 6.50. The zero-order chi connectivity index (χ0) is 27.6. The molecule has 0 saturated heterocycles. The van der Waals surface area contributed by atoms with Crippen molar-refractivity contribution in [3.05, 3.63) is 99.6 Å². The molecule has 0 fully saturated rings. The van der Waals surface area contributed by atoms with Crippen molar-refractivity contribution >= 4 is 17.9 Å². The minimum absolute atomic E-state index is 0.0984. The molecule has 0 bridgehead atoms. The lowest BCUT2D eigenvalue weighted by Crippen LogP contribution is -2.16. The van der Waals surface area contributed by atoms with Crippen LogP contribution < -0.4 is 18.9 Å². The van der Waals surface area contributed by atoms with E-state index in [4.69, 9.17) is 35.8 Å². The second-order valence-electron chi connectivity index (χ2n) is 9.39. The maximum Gasteiger partial charge on any atom is 0.197 e. The first kappa shape index (κ1) is 25.7. The maximum absolute atomic E-state index is 15.4. The average molecular weight is 557 g/mol. The first-order valence-electron chi connectivity index (χ1n) is 12.7. The van der Waals surface area contributed by atoms with Crippen molar-refractivity contribution in [2.45, 2.75) is 25.6 Å². The van der Waals surface area contributed by atoms with Gasteiger partial charge in [0.05, 0.1) is 16.1 Å². The number of hydrogen-bond acceptors (Lipinski definition) is 7. The van der Waals surface area contributed by atoms with Gasteiger partial charge in [-0.2, -0.15) is 5.26 Å². The molecule has 1 aliphatic carbocycles. The number of rotatable bonds is 7. The van der Waals surface area contributed by atoms with Crippen molar-refractivity contribution in [1.82, 2.24) is 4.98 Å². The van der Waals surface area contributed by atoms with Gasteiger partial charge in [-0.3, -0.25) is 9.78 Å². The zero-order valence-corrected chi connectivity index (χ0v) is 21.9. The van der Waals surface area contributed by atoms with Crippen molar-refractivity contribution in [1.29, 1.82) is 5.26 Å². The molecular weight excluding hydrogens is 535 g/mol. The number of benzene rings is 3. The number of aldehydes is 1. The van der Waals surface area contributed by atoms with Crippen LogP contribution in [0.1, 0.15) is 45.1 Å². The molecule has 1 atom stereocenters. The molecule has 3 aromatic carbocycles. The van der Waals surface area contributed by atoms with Gasteiger partial charge < -0.3 is 18.9 Å². The summed E-state index contributed by atoms with van der Waals surface area (Å²) in [5, 5.41) is 9.38. The normalized spacial score (nSPS) is 15.2. The number of fused-ring (bicyclic) bond motifs is 2. The molecule has 2 heterocycles. The fraction of sp³-hybridized carbons (Fsp3) is 0.194. The highest BCUT2D eigenvalue weighted by Gasteiger charge is 2.29. The van der Waals surface area contributed by atoms with E-state index in [2.05, 4.69) is 4.98 Å². The van der Waals surface area contributed by atoms with E-state index in [0.717, 1.165) is 16.7 Å². The van der Waals surface area contributed by atoms with Gasteiger partial charge in [-0.25, -0.2) is 4.39 Å². The Labute approximate surface area is 234 Å². The molecule has 0 radical (unpaired) electrons. The molecule has 6 rings (SSSR count). The first-order valence-corrected chi connectivity index (χ1v) is 13.1. The Kier molecular flexibility index (Phi) is 6.97. The van der Waals surface area contributed by atoms with Crippen LogP contribution in [0.15, 0.2) is 60.9 Å². The molecule has 9 heteroatoms. The number of nitriles is 1. The SMILES string of the molecule is N#Cc1cncc(COc2cc(O[C@H]3CCc4c(-c5ccc6c(c5F)OCCO6)cccc43)c(Cl)cc2C=O)c1. The Morgan fingerprint density at radius 1 is 1.10 bits per heavy atom. The van der Waals surface area contributed by atoms with Crippen LogP contribution in [0, 0.1) is 17.1 Å². The summed E-state index contributed by atoms with van der Waals surface area (Å²) in [5.41, 5.74) is 4.50. The number of carbonyl (C=O) groups is 1. The third kappa shape index (κ3) is 4.80. The summed E-state index contributed by atoms with van der Waals surface area (Å²) in [5.74, 6) is 0.750. The van der Waals surface area contributed by atoms with Crippen LogP contribution in [0.2, 0.25) is 5.02 Å². The molecule has 7 nitrogen and oxygen atoms in total. The van der Waals surface area contributed by atoms with Crippen LogP contribution in [0.25, 0.3) is 11.1 Å². The summed E-state index contributed by atoms with van der Waals surface area (Å²) in [4.78, 5) is 15.8. The summed E-state index contributed by atoms with van der Waals surface area (Å²) < 4.78 is 38.8. The van der Waals surface area contributed by atoms with Gasteiger partial charge in [-0.15, -0.1) is 0 Å². The van der Waals surface area contributed by atoms with E-state index in [1.807, 2.05) is 24.3 Å². The molecule has 0 unspecified atom stereocenters. The summed E-state index contributed by atoms with van der Waals surface area (Å²) in [6.45, 7) is 0.788. The number of pyridine rings is 1. The molecule has 2 aliphatic rings. The Balaban J connectivity index is 1.27. The van der Waals surface area contributed by atoms with Crippen molar-refractivity contribution in [2.75, 3.05) is 13.2 Å². The number of nitrogens with zero attached hydrogens (tertiary/aromatic N) is 2. The molecule has 200 valence electrons. The number of hydrogen-bond donors (Lipinski definition) is 0. The van der Waals surface area contributed by atoms with Crippen LogP contribution in [-0.2, 0) is 13.0 Å². The minimum Gasteiger partial charge on any atom is -0.488 e. The van der Waals surface area contributed by atoms with Gasteiger partial charge in [-0.05, 0) is 53.8 Å². The van der Waals surface area contributed by atoms with E-state index in [0.29, 0.717) is 66.3 Å². The van der Waals surface area contributed by atoms with E-state index < -0.39 is 5.82 Å². The van der Waals surface area contributed by atoms with E-state index in [9.17, 15) is 4.79 Å². The van der Waals surface area contributed by atoms with E-state index >= 15 is 4.39 Å². The molecule has 0 saturated carbocycles. The van der Waals surface area contributed by atoms with Crippen LogP contribution in [0.5, 0.6) is 23.0 Å². The van der Waals surface area contributed by atoms with Crippen molar-refractivity contribution in [3.63, 3.8) is 0 Å². The largest absolute Gasteiger partial charge is 0.488 e. The van der Waals surface area contributed by atoms with E-state index in [-0.39, 0.29) is 29.0 Å². The molecular formula is C31H22ClFN2O5. The third-order valence-corrected chi connectivity index (χ3v) is 7.23. The van der Waals surface area contributed by atoms with Crippen LogP contribution in [-0.4, -0.2) is 24.5 Å². The standard InChI is InChI=1S/C31H22ClFN2O5/c32-25-11-20(16-36)28(39-17-19-10-18(13-34)14-35-15-19)12-29(25)40-26-6-4-22-21(2-1-3-23(22)26)24-5-7-27-31(30(24)33)38-9-8-37-27/h1-3,5,7,10-12,14-16,26H,4,6,8-9,17H2/t26-/m0/s1. The molecule has 4 aromatic rings. The topological polar surface area (TPSA) is 90.7 Å². The predicted octanol–water partition coefficient (Wildman–Crippen LogP) is 6.64. The fourth-order valence-electron chi connectivity index (χ4n) is 5.08. The lowest BCUT2D eigenvalue weighted by Gasteiger charge is -2.21. The first-order chi connectivity index (χ1) is 19.6. The predicted molar refractivity (Wildman–Crippen MR) is 145 cm³/mol. The van der Waals surface area contributed by atoms with Gasteiger partial charge in [0.2, 0.25) is 0 Å². The molecule has 1 aliphatic heterocycles. The molecule has 0 spiro atoms. The highest BCUT2D eigenvalue weighted by atomic mass is 35.5. The number of halogens is 2. The number of ether oxygens (including phenoxy) is 4. The second kappa shape index (κ2) is 10.9. The monoisotopic (exact) mass is 556 g/mol. The van der Waals surface area contributed by atoms with Crippen LogP contribution in [0.4, 0.5) is 4.39 Å². The lowest BCUT2D eigenvalue weighted by atomic mass is 9.96. The number of aromatic nitrogens is 1. The van der Waals surface area contributed by atoms with Gasteiger partial charge >= 0.3 is 0 Å². The van der Waals surface area contributed by atoms with E-state index in [1.165, 1.54) is 12.3 Å². The fourth-order valence-corrected chi connectivity index (χ4v) is 5.30. The third-order valence-electron chi connectivity index (χ3n) is 6.93. The highest BCUT2D eigenvalue weighted by Crippen LogP contribution is 2.45. The summed E-state index contributed by atoms with van der Waals surface area (Å²) in [7, 11) is 0. The van der Waals surface area contributed by atoms with Gasteiger partial charge in [0.1, 0.15) is 43.5 Å². The zero-order valence-electron chi connectivity index (χ0n) is 21.2. The summed E-state index contributed by atoms with van der Waals surface area (Å²) in [6, 6.07) is 16.0. The number of carbonyl (C=O) groups excluding carboxylic acids is 1. The van der Waals surface area contributed by atoms with Gasteiger partial charge in [0.15, 0.2) is 23.6 Å². The Morgan fingerprint density at radius 2 is 1.98 bits per heavy atom. The second-order valence-corrected chi connectivity index (χ2v) is 9.80. The summed E-state index contributed by atoms with van der Waals surface area (Å²) in [6.07, 6.45) is 4.72. The highest BCUT2D eigenvalue weighted by molar-refractivity contribution is 6.32. The molecule has 0 amide bonds. The lowest BCUT2D eigenvalue weighted by molar-refractivity contribution is 0.111. The molecule has 1 aromatic heterocycles. The maximum atomic E-state index is 15.4. The Bertz CT molecular complexity index is 1670. The van der Waals surface area contributed by atoms with Gasteiger partial charge in [0, 0.05) is 29.6 Å². The van der Waals surface area contributed by atoms with Crippen molar-refractivity contribution in [3.8, 4) is 40.2 Å². The van der Waals surface area contributed by atoms with Gasteiger partial charge in [-0.1, -0.05) is 29.8 Å². The van der Waals surface area contributed by atoms with Crippen LogP contribution >= 0.6 is 11.6 Å². The average Bonchev–Trinajstić information content (AvgIpc) is 3.40.